The van der Waals surface area contributed by atoms with E-state index in [4.69, 9.17) is 4.74 Å². The summed E-state index contributed by atoms with van der Waals surface area (Å²) in [5, 5.41) is -0.0178. The molecule has 1 fully saturated rings. The average molecular weight is 406 g/mol. The van der Waals surface area contributed by atoms with Crippen LogP contribution in [0.2, 0.25) is 0 Å². The van der Waals surface area contributed by atoms with E-state index in [-0.39, 0.29) is 11.3 Å². The van der Waals surface area contributed by atoms with Crippen LogP contribution in [0.15, 0.2) is 46.9 Å². The molecule has 1 unspecified atom stereocenters. The van der Waals surface area contributed by atoms with Crippen molar-refractivity contribution in [3.63, 3.8) is 0 Å². The van der Waals surface area contributed by atoms with Gasteiger partial charge in [-0.25, -0.2) is 0 Å². The molecular formula is C19H20BrNO2S. The number of rotatable bonds is 4. The van der Waals surface area contributed by atoms with Crippen LogP contribution in [0.3, 0.4) is 0 Å². The van der Waals surface area contributed by atoms with Crippen molar-refractivity contribution in [3.05, 3.63) is 63.6 Å². The molecule has 0 N–H and O–H groups in total. The minimum atomic E-state index is -0.0178. The van der Waals surface area contributed by atoms with E-state index in [0.717, 1.165) is 40.1 Å². The third-order valence-corrected chi connectivity index (χ3v) is 5.95. The summed E-state index contributed by atoms with van der Waals surface area (Å²) < 4.78 is 6.50. The van der Waals surface area contributed by atoms with Crippen molar-refractivity contribution < 1.29 is 9.53 Å². The van der Waals surface area contributed by atoms with Crippen molar-refractivity contribution in [2.75, 3.05) is 19.4 Å². The van der Waals surface area contributed by atoms with Gasteiger partial charge < -0.3 is 9.64 Å². The Morgan fingerprint density at radius 1 is 1.29 bits per heavy atom. The Morgan fingerprint density at radius 3 is 2.71 bits per heavy atom. The largest absolute Gasteiger partial charge is 0.496 e. The molecule has 1 amide bonds. The SMILES string of the molecule is CCc1ccc(C(=O)N2CCSC2c2cc(Br)ccc2OC)cc1. The molecule has 0 aromatic heterocycles. The van der Waals surface area contributed by atoms with Gasteiger partial charge >= 0.3 is 0 Å². The van der Waals surface area contributed by atoms with Gasteiger partial charge in [0, 0.05) is 27.9 Å². The van der Waals surface area contributed by atoms with Crippen molar-refractivity contribution >= 4 is 33.6 Å². The fourth-order valence-corrected chi connectivity index (χ4v) is 4.53. The van der Waals surface area contributed by atoms with Gasteiger partial charge in [-0.2, -0.15) is 0 Å². The molecule has 0 radical (unpaired) electrons. The predicted molar refractivity (Wildman–Crippen MR) is 103 cm³/mol. The Hall–Kier alpha value is -1.46. The maximum absolute atomic E-state index is 13.0. The number of carbonyl (C=O) groups is 1. The summed E-state index contributed by atoms with van der Waals surface area (Å²) in [4.78, 5) is 14.9. The number of halogens is 1. The van der Waals surface area contributed by atoms with Crippen LogP contribution in [0.25, 0.3) is 0 Å². The number of carbonyl (C=O) groups excluding carboxylic acids is 1. The summed E-state index contributed by atoms with van der Waals surface area (Å²) in [5.41, 5.74) is 3.02. The number of amides is 1. The number of thioether (sulfide) groups is 1. The average Bonchev–Trinajstić information content (AvgIpc) is 3.10. The molecule has 1 aliphatic heterocycles. The normalized spacial score (nSPS) is 17.1. The summed E-state index contributed by atoms with van der Waals surface area (Å²) in [6.07, 6.45) is 0.978. The lowest BCUT2D eigenvalue weighted by atomic mass is 10.1. The van der Waals surface area contributed by atoms with E-state index >= 15 is 0 Å². The van der Waals surface area contributed by atoms with Gasteiger partial charge in [-0.1, -0.05) is 35.0 Å². The van der Waals surface area contributed by atoms with Gasteiger partial charge in [0.15, 0.2) is 0 Å². The molecule has 0 spiro atoms. The van der Waals surface area contributed by atoms with E-state index < -0.39 is 0 Å². The van der Waals surface area contributed by atoms with E-state index in [1.807, 2.05) is 47.4 Å². The molecule has 3 nitrogen and oxygen atoms in total. The Kier molecular flexibility index (Phi) is 5.51. The Labute approximate surface area is 155 Å². The Bertz CT molecular complexity index is 733. The first kappa shape index (κ1) is 17.4. The lowest BCUT2D eigenvalue weighted by molar-refractivity contribution is 0.0759. The van der Waals surface area contributed by atoms with Crippen LogP contribution in [0, 0.1) is 0 Å². The minimum absolute atomic E-state index is 0.0178. The molecule has 0 saturated carbocycles. The van der Waals surface area contributed by atoms with Crippen LogP contribution >= 0.6 is 27.7 Å². The summed E-state index contributed by atoms with van der Waals surface area (Å²) >= 11 is 5.30. The number of nitrogens with zero attached hydrogens (tertiary/aromatic N) is 1. The molecule has 1 atom stereocenters. The van der Waals surface area contributed by atoms with Crippen molar-refractivity contribution in [2.45, 2.75) is 18.7 Å². The highest BCUT2D eigenvalue weighted by atomic mass is 79.9. The highest BCUT2D eigenvalue weighted by molar-refractivity contribution is 9.10. The highest BCUT2D eigenvalue weighted by Crippen LogP contribution is 2.43. The van der Waals surface area contributed by atoms with Gasteiger partial charge in [-0.05, 0) is 42.3 Å². The molecule has 5 heteroatoms. The van der Waals surface area contributed by atoms with E-state index in [9.17, 15) is 4.79 Å². The molecule has 1 heterocycles. The van der Waals surface area contributed by atoms with Gasteiger partial charge in [0.2, 0.25) is 0 Å². The van der Waals surface area contributed by atoms with Crippen molar-refractivity contribution in [3.8, 4) is 5.75 Å². The van der Waals surface area contributed by atoms with Crippen molar-refractivity contribution in [1.82, 2.24) is 4.90 Å². The number of benzene rings is 2. The molecule has 0 bridgehead atoms. The van der Waals surface area contributed by atoms with Crippen molar-refractivity contribution in [2.24, 2.45) is 0 Å². The number of methoxy groups -OCH3 is 1. The van der Waals surface area contributed by atoms with Gasteiger partial charge in [-0.3, -0.25) is 4.79 Å². The number of aryl methyl sites for hydroxylation is 1. The summed E-state index contributed by atoms with van der Waals surface area (Å²) in [7, 11) is 1.67. The Balaban J connectivity index is 1.90. The molecule has 1 aliphatic rings. The first-order valence-corrected chi connectivity index (χ1v) is 9.83. The lowest BCUT2D eigenvalue weighted by Crippen LogP contribution is -2.30. The quantitative estimate of drug-likeness (QED) is 0.723. The molecule has 3 rings (SSSR count). The molecule has 2 aromatic carbocycles. The zero-order valence-electron chi connectivity index (χ0n) is 13.8. The molecule has 24 heavy (non-hydrogen) atoms. The second-order valence-electron chi connectivity index (χ2n) is 5.66. The van der Waals surface area contributed by atoms with Crippen LogP contribution in [0.4, 0.5) is 0 Å². The summed E-state index contributed by atoms with van der Waals surface area (Å²) in [6, 6.07) is 13.9. The molecule has 2 aromatic rings. The fourth-order valence-electron chi connectivity index (χ4n) is 2.88. The van der Waals surface area contributed by atoms with Crippen LogP contribution in [0.5, 0.6) is 5.75 Å². The van der Waals surface area contributed by atoms with Crippen molar-refractivity contribution in [1.29, 1.82) is 0 Å². The summed E-state index contributed by atoms with van der Waals surface area (Å²) in [5.74, 6) is 1.82. The van der Waals surface area contributed by atoms with E-state index in [1.54, 1.807) is 18.9 Å². The third kappa shape index (κ3) is 3.47. The molecule has 0 aliphatic carbocycles. The number of hydrogen-bond acceptors (Lipinski definition) is 3. The lowest BCUT2D eigenvalue weighted by Gasteiger charge is -2.25. The molecular weight excluding hydrogens is 386 g/mol. The maximum Gasteiger partial charge on any atom is 0.255 e. The van der Waals surface area contributed by atoms with Gasteiger partial charge in [-0.15, -0.1) is 11.8 Å². The smallest absolute Gasteiger partial charge is 0.255 e. The fraction of sp³-hybridized carbons (Fsp3) is 0.316. The maximum atomic E-state index is 13.0. The minimum Gasteiger partial charge on any atom is -0.496 e. The van der Waals surface area contributed by atoms with Crippen LogP contribution in [-0.4, -0.2) is 30.2 Å². The monoisotopic (exact) mass is 405 g/mol. The highest BCUT2D eigenvalue weighted by Gasteiger charge is 2.33. The van der Waals surface area contributed by atoms with Crippen LogP contribution in [-0.2, 0) is 6.42 Å². The van der Waals surface area contributed by atoms with E-state index in [0.29, 0.717) is 0 Å². The first-order chi connectivity index (χ1) is 11.6. The zero-order chi connectivity index (χ0) is 17.1. The standard InChI is InChI=1S/C19H20BrNO2S/c1-3-13-4-6-14(7-5-13)18(22)21-10-11-24-19(21)16-12-15(20)8-9-17(16)23-2/h4-9,12,19H,3,10-11H2,1-2H3. The third-order valence-electron chi connectivity index (χ3n) is 4.22. The van der Waals surface area contributed by atoms with E-state index in [2.05, 4.69) is 22.9 Å². The van der Waals surface area contributed by atoms with Gasteiger partial charge in [0.1, 0.15) is 11.1 Å². The van der Waals surface area contributed by atoms with Gasteiger partial charge in [0.05, 0.1) is 7.11 Å². The second-order valence-corrected chi connectivity index (χ2v) is 7.76. The molecule has 126 valence electrons. The van der Waals surface area contributed by atoms with Crippen LogP contribution in [0.1, 0.15) is 33.8 Å². The number of ether oxygens (including phenoxy) is 1. The van der Waals surface area contributed by atoms with Gasteiger partial charge in [0.25, 0.3) is 5.91 Å². The predicted octanol–water partition coefficient (Wildman–Crippen LogP) is 4.91. The van der Waals surface area contributed by atoms with Crippen LogP contribution < -0.4 is 4.74 Å². The Morgan fingerprint density at radius 2 is 2.04 bits per heavy atom. The summed E-state index contributed by atoms with van der Waals surface area (Å²) in [6.45, 7) is 2.86. The second kappa shape index (κ2) is 7.62. The van der Waals surface area contributed by atoms with E-state index in [1.165, 1.54) is 5.56 Å². The zero-order valence-corrected chi connectivity index (χ0v) is 16.2. The topological polar surface area (TPSA) is 29.5 Å². The first-order valence-electron chi connectivity index (χ1n) is 7.99. The molecule has 1 saturated heterocycles. The number of hydrogen-bond donors (Lipinski definition) is 0.